The van der Waals surface area contributed by atoms with E-state index in [1.54, 1.807) is 0 Å². The average molecular weight is 211 g/mol. The van der Waals surface area contributed by atoms with Crippen LogP contribution in [0.1, 0.15) is 46.0 Å². The third kappa shape index (κ3) is 3.18. The molecule has 2 heteroatoms. The Morgan fingerprint density at radius 3 is 2.73 bits per heavy atom. The molecule has 0 aromatic carbocycles. The molecular formula is C13H25NO. The Bertz CT molecular complexity index is 189. The van der Waals surface area contributed by atoms with Crippen LogP contribution in [-0.2, 0) is 4.74 Å². The molecule has 1 aliphatic carbocycles. The van der Waals surface area contributed by atoms with Crippen LogP contribution in [0.25, 0.3) is 0 Å². The zero-order valence-electron chi connectivity index (χ0n) is 10.2. The lowest BCUT2D eigenvalue weighted by molar-refractivity contribution is 0.100. The highest BCUT2D eigenvalue weighted by atomic mass is 16.5. The second kappa shape index (κ2) is 5.31. The van der Waals surface area contributed by atoms with Crippen LogP contribution < -0.4 is 5.32 Å². The van der Waals surface area contributed by atoms with Crippen molar-refractivity contribution in [2.45, 2.75) is 58.1 Å². The molecule has 4 unspecified atom stereocenters. The van der Waals surface area contributed by atoms with Crippen LogP contribution in [-0.4, -0.2) is 25.3 Å². The molecular weight excluding hydrogens is 186 g/mol. The fourth-order valence-electron chi connectivity index (χ4n) is 3.06. The van der Waals surface area contributed by atoms with Gasteiger partial charge in [-0.1, -0.05) is 13.8 Å². The summed E-state index contributed by atoms with van der Waals surface area (Å²) in [5.74, 6) is 1.77. The van der Waals surface area contributed by atoms with E-state index >= 15 is 0 Å². The number of ether oxygens (including phenoxy) is 1. The molecule has 0 spiro atoms. The minimum absolute atomic E-state index is 0.497. The van der Waals surface area contributed by atoms with Crippen LogP contribution in [0.5, 0.6) is 0 Å². The van der Waals surface area contributed by atoms with Gasteiger partial charge < -0.3 is 10.1 Å². The second-order valence-electron chi connectivity index (χ2n) is 5.55. The third-order valence-electron chi connectivity index (χ3n) is 4.06. The molecule has 2 rings (SSSR count). The van der Waals surface area contributed by atoms with Crippen molar-refractivity contribution >= 4 is 0 Å². The molecule has 0 amide bonds. The van der Waals surface area contributed by atoms with Crippen LogP contribution in [0.15, 0.2) is 0 Å². The predicted octanol–water partition coefficient (Wildman–Crippen LogP) is 2.58. The van der Waals surface area contributed by atoms with Crippen LogP contribution in [0.4, 0.5) is 0 Å². The summed E-state index contributed by atoms with van der Waals surface area (Å²) in [7, 11) is 0. The van der Waals surface area contributed by atoms with Gasteiger partial charge in [0, 0.05) is 19.2 Å². The molecule has 2 aliphatic rings. The Hall–Kier alpha value is -0.0800. The first-order chi connectivity index (χ1) is 7.25. The molecule has 0 bridgehead atoms. The average Bonchev–Trinajstić information content (AvgIpc) is 2.69. The highest BCUT2D eigenvalue weighted by Crippen LogP contribution is 2.28. The fourth-order valence-corrected chi connectivity index (χ4v) is 3.06. The highest BCUT2D eigenvalue weighted by Gasteiger charge is 2.26. The van der Waals surface area contributed by atoms with Gasteiger partial charge in [0.15, 0.2) is 0 Å². The number of nitrogens with one attached hydrogen (secondary N) is 1. The van der Waals surface area contributed by atoms with Gasteiger partial charge in [-0.2, -0.15) is 0 Å². The maximum Gasteiger partial charge on any atom is 0.0700 e. The molecule has 1 saturated carbocycles. The van der Waals surface area contributed by atoms with Gasteiger partial charge in [0.25, 0.3) is 0 Å². The van der Waals surface area contributed by atoms with E-state index in [1.165, 1.54) is 32.1 Å². The molecule has 1 aliphatic heterocycles. The molecule has 2 nitrogen and oxygen atoms in total. The zero-order valence-corrected chi connectivity index (χ0v) is 10.2. The van der Waals surface area contributed by atoms with Crippen molar-refractivity contribution < 1.29 is 4.74 Å². The summed E-state index contributed by atoms with van der Waals surface area (Å²) >= 11 is 0. The van der Waals surface area contributed by atoms with Crippen LogP contribution in [0.2, 0.25) is 0 Å². The summed E-state index contributed by atoms with van der Waals surface area (Å²) in [5.41, 5.74) is 0. The van der Waals surface area contributed by atoms with Crippen LogP contribution >= 0.6 is 0 Å². The first-order valence-electron chi connectivity index (χ1n) is 6.60. The minimum Gasteiger partial charge on any atom is -0.377 e. The SMILES string of the molecule is CC1CCC(NCC2CCCO2)C(C)C1. The molecule has 1 saturated heterocycles. The van der Waals surface area contributed by atoms with Gasteiger partial charge in [-0.25, -0.2) is 0 Å². The van der Waals surface area contributed by atoms with Crippen molar-refractivity contribution in [3.63, 3.8) is 0 Å². The Morgan fingerprint density at radius 1 is 1.20 bits per heavy atom. The number of hydrogen-bond acceptors (Lipinski definition) is 2. The molecule has 88 valence electrons. The first-order valence-corrected chi connectivity index (χ1v) is 6.60. The molecule has 4 atom stereocenters. The van der Waals surface area contributed by atoms with E-state index in [4.69, 9.17) is 4.74 Å². The standard InChI is InChI=1S/C13H25NO/c1-10-5-6-13(11(2)8-10)14-9-12-4-3-7-15-12/h10-14H,3-9H2,1-2H3. The van der Waals surface area contributed by atoms with Crippen LogP contribution in [0, 0.1) is 11.8 Å². The van der Waals surface area contributed by atoms with Crippen molar-refractivity contribution in [3.05, 3.63) is 0 Å². The zero-order chi connectivity index (χ0) is 10.7. The Morgan fingerprint density at radius 2 is 2.07 bits per heavy atom. The van der Waals surface area contributed by atoms with Gasteiger partial charge in [-0.15, -0.1) is 0 Å². The van der Waals surface area contributed by atoms with Gasteiger partial charge in [0.05, 0.1) is 6.10 Å². The van der Waals surface area contributed by atoms with E-state index in [1.807, 2.05) is 0 Å². The van der Waals surface area contributed by atoms with E-state index in [-0.39, 0.29) is 0 Å². The summed E-state index contributed by atoms with van der Waals surface area (Å²) < 4.78 is 5.64. The summed E-state index contributed by atoms with van der Waals surface area (Å²) in [4.78, 5) is 0. The Labute approximate surface area is 93.8 Å². The lowest BCUT2D eigenvalue weighted by atomic mass is 9.80. The highest BCUT2D eigenvalue weighted by molar-refractivity contribution is 4.82. The smallest absolute Gasteiger partial charge is 0.0700 e. The Balaban J connectivity index is 1.69. The van der Waals surface area contributed by atoms with E-state index in [0.29, 0.717) is 6.10 Å². The van der Waals surface area contributed by atoms with Crippen molar-refractivity contribution in [1.82, 2.24) is 5.32 Å². The number of hydrogen-bond donors (Lipinski definition) is 1. The van der Waals surface area contributed by atoms with Crippen molar-refractivity contribution in [3.8, 4) is 0 Å². The van der Waals surface area contributed by atoms with E-state index in [0.717, 1.165) is 31.0 Å². The van der Waals surface area contributed by atoms with Gasteiger partial charge in [-0.05, 0) is 43.9 Å². The quantitative estimate of drug-likeness (QED) is 0.774. The van der Waals surface area contributed by atoms with Crippen molar-refractivity contribution in [2.75, 3.05) is 13.2 Å². The molecule has 15 heavy (non-hydrogen) atoms. The topological polar surface area (TPSA) is 21.3 Å². The number of rotatable bonds is 3. The maximum atomic E-state index is 5.64. The molecule has 1 heterocycles. The molecule has 0 aromatic rings. The lowest BCUT2D eigenvalue weighted by Gasteiger charge is -2.33. The predicted molar refractivity (Wildman–Crippen MR) is 62.9 cm³/mol. The third-order valence-corrected chi connectivity index (χ3v) is 4.06. The van der Waals surface area contributed by atoms with Gasteiger partial charge in [-0.3, -0.25) is 0 Å². The summed E-state index contributed by atoms with van der Waals surface area (Å²) in [6, 6.07) is 0.741. The normalized spacial score (nSPS) is 42.0. The summed E-state index contributed by atoms with van der Waals surface area (Å²) in [6.07, 6.45) is 7.15. The van der Waals surface area contributed by atoms with Gasteiger partial charge in [0.2, 0.25) is 0 Å². The molecule has 0 radical (unpaired) electrons. The second-order valence-corrected chi connectivity index (χ2v) is 5.55. The van der Waals surface area contributed by atoms with Crippen molar-refractivity contribution in [1.29, 1.82) is 0 Å². The largest absolute Gasteiger partial charge is 0.377 e. The minimum atomic E-state index is 0.497. The summed E-state index contributed by atoms with van der Waals surface area (Å²) in [5, 5.41) is 3.71. The lowest BCUT2D eigenvalue weighted by Crippen LogP contribution is -2.42. The van der Waals surface area contributed by atoms with Gasteiger partial charge >= 0.3 is 0 Å². The van der Waals surface area contributed by atoms with E-state index in [2.05, 4.69) is 19.2 Å². The maximum absolute atomic E-state index is 5.64. The molecule has 2 fully saturated rings. The van der Waals surface area contributed by atoms with Gasteiger partial charge in [0.1, 0.15) is 0 Å². The van der Waals surface area contributed by atoms with Crippen molar-refractivity contribution in [2.24, 2.45) is 11.8 Å². The van der Waals surface area contributed by atoms with Crippen LogP contribution in [0.3, 0.4) is 0 Å². The first kappa shape index (κ1) is 11.4. The Kier molecular flexibility index (Phi) is 4.04. The monoisotopic (exact) mass is 211 g/mol. The van der Waals surface area contributed by atoms with E-state index in [9.17, 15) is 0 Å². The molecule has 0 aromatic heterocycles. The summed E-state index contributed by atoms with van der Waals surface area (Å²) in [6.45, 7) is 6.82. The molecule has 1 N–H and O–H groups in total. The fraction of sp³-hybridized carbons (Fsp3) is 1.00. The van der Waals surface area contributed by atoms with E-state index < -0.39 is 0 Å².